The van der Waals surface area contributed by atoms with Gasteiger partial charge in [-0.3, -0.25) is 0 Å². The first kappa shape index (κ1) is 24.1. The smallest absolute Gasteiger partial charge is 0.396 e. The minimum Gasteiger partial charge on any atom is -0.396 e. The summed E-state index contributed by atoms with van der Waals surface area (Å²) in [5.41, 5.74) is 0.226. The molecule has 0 radical (unpaired) electrons. The lowest BCUT2D eigenvalue weighted by molar-refractivity contribution is -0.137. The van der Waals surface area contributed by atoms with Crippen molar-refractivity contribution in [2.75, 3.05) is 26.4 Å². The van der Waals surface area contributed by atoms with E-state index in [4.69, 9.17) is 4.74 Å². The molecule has 9 heteroatoms. The number of benzene rings is 1. The van der Waals surface area contributed by atoms with E-state index in [0.29, 0.717) is 30.0 Å². The van der Waals surface area contributed by atoms with Crippen LogP contribution in [0.1, 0.15) is 30.5 Å². The first-order valence-corrected chi connectivity index (χ1v) is 11.4. The third kappa shape index (κ3) is 5.90. The van der Waals surface area contributed by atoms with Crippen molar-refractivity contribution in [2.45, 2.75) is 44.0 Å². The molecule has 180 valence electrons. The number of aromatic nitrogens is 2. The van der Waals surface area contributed by atoms with Crippen LogP contribution in [0.2, 0.25) is 0 Å². The molecule has 2 fully saturated rings. The van der Waals surface area contributed by atoms with E-state index in [1.807, 2.05) is 0 Å². The quantitative estimate of drug-likeness (QED) is 0.583. The highest BCUT2D eigenvalue weighted by molar-refractivity contribution is 5.56. The molecule has 4 rings (SSSR count). The largest absolute Gasteiger partial charge is 0.416 e. The number of hydrogen-bond acceptors (Lipinski definition) is 6. The van der Waals surface area contributed by atoms with Crippen LogP contribution >= 0.6 is 0 Å². The fraction of sp³-hybridized carbons (Fsp3) is 0.583. The molecule has 1 aliphatic carbocycles. The van der Waals surface area contributed by atoms with Gasteiger partial charge in [0.2, 0.25) is 0 Å². The van der Waals surface area contributed by atoms with Crippen LogP contribution < -0.4 is 5.32 Å². The molecule has 1 saturated carbocycles. The van der Waals surface area contributed by atoms with Crippen LogP contribution in [0, 0.1) is 17.8 Å². The van der Waals surface area contributed by atoms with Gasteiger partial charge >= 0.3 is 6.18 Å². The van der Waals surface area contributed by atoms with Gasteiger partial charge in [-0.1, -0.05) is 12.1 Å². The molecule has 3 N–H and O–H groups in total. The van der Waals surface area contributed by atoms with Crippen molar-refractivity contribution in [2.24, 2.45) is 17.8 Å². The predicted octanol–water partition coefficient (Wildman–Crippen LogP) is 3.08. The molecule has 1 saturated heterocycles. The van der Waals surface area contributed by atoms with Crippen LogP contribution in [-0.2, 0) is 17.3 Å². The lowest BCUT2D eigenvalue weighted by Gasteiger charge is -2.28. The maximum atomic E-state index is 13.1. The summed E-state index contributed by atoms with van der Waals surface area (Å²) in [5.74, 6) is 0.416. The number of hydrogen-bond donors (Lipinski definition) is 3. The SMILES string of the molecule is OCC1C(O)CC(NCC2CCOCC2)C1Cc1ccnc(-c2cccc(C(F)(F)F)c2)n1. The van der Waals surface area contributed by atoms with Gasteiger partial charge in [0.05, 0.1) is 11.7 Å². The second-order valence-electron chi connectivity index (χ2n) is 9.04. The lowest BCUT2D eigenvalue weighted by Crippen LogP contribution is -2.40. The van der Waals surface area contributed by atoms with Crippen molar-refractivity contribution in [3.63, 3.8) is 0 Å². The van der Waals surface area contributed by atoms with E-state index in [9.17, 15) is 23.4 Å². The number of ether oxygens (including phenoxy) is 1. The van der Waals surface area contributed by atoms with Crippen LogP contribution in [0.5, 0.6) is 0 Å². The maximum Gasteiger partial charge on any atom is 0.416 e. The van der Waals surface area contributed by atoms with E-state index in [-0.39, 0.29) is 30.3 Å². The fourth-order valence-electron chi connectivity index (χ4n) is 4.97. The van der Waals surface area contributed by atoms with Crippen LogP contribution in [0.3, 0.4) is 0 Å². The minimum absolute atomic E-state index is 0.0203. The van der Waals surface area contributed by atoms with Crippen molar-refractivity contribution >= 4 is 0 Å². The highest BCUT2D eigenvalue weighted by Crippen LogP contribution is 2.35. The van der Waals surface area contributed by atoms with Crippen LogP contribution in [0.25, 0.3) is 11.4 Å². The van der Waals surface area contributed by atoms with E-state index < -0.39 is 17.8 Å². The number of nitrogens with one attached hydrogen (secondary N) is 1. The van der Waals surface area contributed by atoms with E-state index >= 15 is 0 Å². The second kappa shape index (κ2) is 10.5. The molecule has 0 bridgehead atoms. The standard InChI is InChI=1S/C24H30F3N3O3/c25-24(26,27)17-3-1-2-16(10-17)23-28-7-4-18(30-23)11-19-20(14-31)22(32)12-21(19)29-13-15-5-8-33-9-6-15/h1-4,7,10,15,19-22,29,31-32H,5-6,8-9,11-14H2. The van der Waals surface area contributed by atoms with Gasteiger partial charge in [0.15, 0.2) is 5.82 Å². The molecule has 2 aromatic rings. The van der Waals surface area contributed by atoms with Crippen molar-refractivity contribution in [3.05, 3.63) is 47.8 Å². The number of alkyl halides is 3. The molecule has 1 aliphatic heterocycles. The van der Waals surface area contributed by atoms with Crippen molar-refractivity contribution < 1.29 is 28.1 Å². The summed E-state index contributed by atoms with van der Waals surface area (Å²) in [6, 6.07) is 6.74. The van der Waals surface area contributed by atoms with Gasteiger partial charge in [0.25, 0.3) is 0 Å². The number of nitrogens with zero attached hydrogens (tertiary/aromatic N) is 2. The van der Waals surface area contributed by atoms with Gasteiger partial charge in [0.1, 0.15) is 0 Å². The Morgan fingerprint density at radius 3 is 2.64 bits per heavy atom. The number of halogens is 3. The Morgan fingerprint density at radius 2 is 1.91 bits per heavy atom. The molecule has 1 aromatic carbocycles. The summed E-state index contributed by atoms with van der Waals surface area (Å²) >= 11 is 0. The normalized spacial score (nSPS) is 26.6. The third-order valence-electron chi connectivity index (χ3n) is 6.88. The molecule has 33 heavy (non-hydrogen) atoms. The maximum absolute atomic E-state index is 13.1. The summed E-state index contributed by atoms with van der Waals surface area (Å²) in [5, 5.41) is 24.0. The van der Waals surface area contributed by atoms with E-state index in [2.05, 4.69) is 15.3 Å². The second-order valence-corrected chi connectivity index (χ2v) is 9.04. The average Bonchev–Trinajstić information content (AvgIpc) is 3.12. The monoisotopic (exact) mass is 465 g/mol. The molecule has 0 amide bonds. The van der Waals surface area contributed by atoms with Crippen molar-refractivity contribution in [1.29, 1.82) is 0 Å². The summed E-state index contributed by atoms with van der Waals surface area (Å²) < 4.78 is 44.7. The first-order valence-electron chi connectivity index (χ1n) is 11.4. The predicted molar refractivity (Wildman–Crippen MR) is 116 cm³/mol. The van der Waals surface area contributed by atoms with Gasteiger partial charge in [0, 0.05) is 49.2 Å². The van der Waals surface area contributed by atoms with Gasteiger partial charge in [-0.2, -0.15) is 13.2 Å². The number of rotatable bonds is 7. The number of aliphatic hydroxyl groups excluding tert-OH is 2. The van der Waals surface area contributed by atoms with Gasteiger partial charge in [-0.05, 0) is 62.3 Å². The highest BCUT2D eigenvalue weighted by Gasteiger charge is 2.42. The molecular weight excluding hydrogens is 435 g/mol. The lowest BCUT2D eigenvalue weighted by atomic mass is 9.88. The Kier molecular flexibility index (Phi) is 7.63. The van der Waals surface area contributed by atoms with Crippen LogP contribution in [-0.4, -0.2) is 58.7 Å². The molecule has 2 aliphatic rings. The first-order chi connectivity index (χ1) is 15.8. The summed E-state index contributed by atoms with van der Waals surface area (Å²) in [4.78, 5) is 8.70. The van der Waals surface area contributed by atoms with E-state index in [1.165, 1.54) is 6.07 Å². The Bertz CT molecular complexity index is 921. The zero-order valence-corrected chi connectivity index (χ0v) is 18.3. The van der Waals surface area contributed by atoms with Crippen molar-refractivity contribution in [1.82, 2.24) is 15.3 Å². The zero-order chi connectivity index (χ0) is 23.4. The van der Waals surface area contributed by atoms with Crippen LogP contribution in [0.4, 0.5) is 13.2 Å². The Labute approximate surface area is 191 Å². The molecule has 4 atom stereocenters. The molecule has 2 heterocycles. The molecule has 6 nitrogen and oxygen atoms in total. The van der Waals surface area contributed by atoms with Gasteiger partial charge < -0.3 is 20.3 Å². The van der Waals surface area contributed by atoms with Crippen molar-refractivity contribution in [3.8, 4) is 11.4 Å². The summed E-state index contributed by atoms with van der Waals surface area (Å²) in [7, 11) is 0. The topological polar surface area (TPSA) is 87.5 Å². The van der Waals surface area contributed by atoms with E-state index in [1.54, 1.807) is 18.3 Å². The summed E-state index contributed by atoms with van der Waals surface area (Å²) in [6.45, 7) is 2.23. The molecule has 1 aromatic heterocycles. The Morgan fingerprint density at radius 1 is 1.12 bits per heavy atom. The van der Waals surface area contributed by atoms with Gasteiger partial charge in [-0.25, -0.2) is 9.97 Å². The third-order valence-corrected chi connectivity index (χ3v) is 6.88. The van der Waals surface area contributed by atoms with Gasteiger partial charge in [-0.15, -0.1) is 0 Å². The minimum atomic E-state index is -4.44. The molecule has 0 spiro atoms. The molecular formula is C24H30F3N3O3. The Balaban J connectivity index is 1.50. The van der Waals surface area contributed by atoms with E-state index in [0.717, 1.165) is 44.7 Å². The average molecular weight is 466 g/mol. The van der Waals surface area contributed by atoms with Crippen LogP contribution in [0.15, 0.2) is 36.5 Å². The highest BCUT2D eigenvalue weighted by atomic mass is 19.4. The fourth-order valence-corrected chi connectivity index (χ4v) is 4.97. The Hall–Kier alpha value is -2.07. The number of aliphatic hydroxyl groups is 2. The zero-order valence-electron chi connectivity index (χ0n) is 18.3. The summed E-state index contributed by atoms with van der Waals surface area (Å²) in [6.07, 6.45) is -0.470. The molecule has 4 unspecified atom stereocenters.